The van der Waals surface area contributed by atoms with E-state index in [1.165, 1.54) is 5.56 Å². The second kappa shape index (κ2) is 5.46. The van der Waals surface area contributed by atoms with Crippen LogP contribution in [-0.4, -0.2) is 13.7 Å². The Bertz CT molecular complexity index is 642. The van der Waals surface area contributed by atoms with Crippen molar-refractivity contribution < 1.29 is 9.47 Å². The van der Waals surface area contributed by atoms with Crippen LogP contribution in [0, 0.1) is 0 Å². The molecular formula is C16H16BrNO2. The highest BCUT2D eigenvalue weighted by Gasteiger charge is 2.23. The van der Waals surface area contributed by atoms with Crippen LogP contribution in [-0.2, 0) is 6.42 Å². The van der Waals surface area contributed by atoms with E-state index in [2.05, 4.69) is 22.0 Å². The molecule has 0 bridgehead atoms. The molecule has 104 valence electrons. The number of ether oxygens (including phenoxy) is 2. The van der Waals surface area contributed by atoms with Gasteiger partial charge >= 0.3 is 0 Å². The van der Waals surface area contributed by atoms with E-state index in [1.807, 2.05) is 30.3 Å². The topological polar surface area (TPSA) is 44.5 Å². The van der Waals surface area contributed by atoms with Crippen molar-refractivity contribution in [1.29, 1.82) is 0 Å². The number of hydrogen-bond donors (Lipinski definition) is 1. The monoisotopic (exact) mass is 333 g/mol. The first kappa shape index (κ1) is 13.5. The SMILES string of the molecule is COc1ccccc1C(N)c1cc(Br)cc2c1OCC2. The molecule has 0 aromatic heterocycles. The van der Waals surface area contributed by atoms with E-state index < -0.39 is 0 Å². The van der Waals surface area contributed by atoms with Crippen LogP contribution in [0.1, 0.15) is 22.7 Å². The third-order valence-electron chi connectivity index (χ3n) is 3.59. The molecule has 3 nitrogen and oxygen atoms in total. The maximum Gasteiger partial charge on any atom is 0.127 e. The molecular weight excluding hydrogens is 318 g/mol. The van der Waals surface area contributed by atoms with Gasteiger partial charge in [-0.25, -0.2) is 0 Å². The second-order valence-electron chi connectivity index (χ2n) is 4.80. The molecule has 1 aliphatic rings. The predicted octanol–water partition coefficient (Wildman–Crippen LogP) is 3.44. The Morgan fingerprint density at radius 1 is 1.25 bits per heavy atom. The minimum absolute atomic E-state index is 0.268. The van der Waals surface area contributed by atoms with Gasteiger partial charge in [0.15, 0.2) is 0 Å². The van der Waals surface area contributed by atoms with Gasteiger partial charge in [-0.2, -0.15) is 0 Å². The van der Waals surface area contributed by atoms with Crippen molar-refractivity contribution in [1.82, 2.24) is 0 Å². The number of benzene rings is 2. The van der Waals surface area contributed by atoms with E-state index in [0.29, 0.717) is 0 Å². The quantitative estimate of drug-likeness (QED) is 0.935. The van der Waals surface area contributed by atoms with E-state index in [0.717, 1.165) is 40.1 Å². The molecule has 20 heavy (non-hydrogen) atoms. The molecule has 1 heterocycles. The number of nitrogens with two attached hydrogens (primary N) is 1. The lowest BCUT2D eigenvalue weighted by Gasteiger charge is -2.18. The number of para-hydroxylation sites is 1. The number of rotatable bonds is 3. The maximum atomic E-state index is 6.45. The Labute approximate surface area is 126 Å². The van der Waals surface area contributed by atoms with Crippen LogP contribution < -0.4 is 15.2 Å². The summed E-state index contributed by atoms with van der Waals surface area (Å²) in [7, 11) is 1.66. The Hall–Kier alpha value is -1.52. The van der Waals surface area contributed by atoms with Gasteiger partial charge in [-0.15, -0.1) is 0 Å². The first-order chi connectivity index (χ1) is 9.70. The van der Waals surface area contributed by atoms with Crippen LogP contribution in [0.25, 0.3) is 0 Å². The zero-order chi connectivity index (χ0) is 14.1. The third-order valence-corrected chi connectivity index (χ3v) is 4.04. The molecule has 4 heteroatoms. The fourth-order valence-electron chi connectivity index (χ4n) is 2.62. The number of methoxy groups -OCH3 is 1. The summed E-state index contributed by atoms with van der Waals surface area (Å²) in [5.74, 6) is 1.72. The molecule has 0 spiro atoms. The molecule has 1 aliphatic heterocycles. The van der Waals surface area contributed by atoms with Crippen molar-refractivity contribution in [3.8, 4) is 11.5 Å². The first-order valence-electron chi connectivity index (χ1n) is 6.54. The van der Waals surface area contributed by atoms with Crippen molar-refractivity contribution >= 4 is 15.9 Å². The van der Waals surface area contributed by atoms with E-state index in [-0.39, 0.29) is 6.04 Å². The largest absolute Gasteiger partial charge is 0.496 e. The normalized spacial score (nSPS) is 14.6. The fraction of sp³-hybridized carbons (Fsp3) is 0.250. The molecule has 2 N–H and O–H groups in total. The van der Waals surface area contributed by atoms with Crippen molar-refractivity contribution in [3.05, 3.63) is 57.6 Å². The lowest BCUT2D eigenvalue weighted by Crippen LogP contribution is -2.14. The van der Waals surface area contributed by atoms with Crippen LogP contribution in [0.5, 0.6) is 11.5 Å². The summed E-state index contributed by atoms with van der Waals surface area (Å²) < 4.78 is 12.2. The van der Waals surface area contributed by atoms with E-state index in [1.54, 1.807) is 7.11 Å². The summed E-state index contributed by atoms with van der Waals surface area (Å²) in [6, 6.07) is 11.7. The van der Waals surface area contributed by atoms with Gasteiger partial charge in [-0.1, -0.05) is 34.1 Å². The zero-order valence-corrected chi connectivity index (χ0v) is 12.8. The molecule has 3 rings (SSSR count). The van der Waals surface area contributed by atoms with Crippen molar-refractivity contribution in [3.63, 3.8) is 0 Å². The summed E-state index contributed by atoms with van der Waals surface area (Å²) >= 11 is 3.55. The average molecular weight is 334 g/mol. The van der Waals surface area contributed by atoms with E-state index >= 15 is 0 Å². The molecule has 2 aromatic rings. The number of fused-ring (bicyclic) bond motifs is 1. The smallest absolute Gasteiger partial charge is 0.127 e. The average Bonchev–Trinajstić information content (AvgIpc) is 2.93. The fourth-order valence-corrected chi connectivity index (χ4v) is 3.14. The van der Waals surface area contributed by atoms with Gasteiger partial charge in [-0.3, -0.25) is 0 Å². The molecule has 2 aromatic carbocycles. The second-order valence-corrected chi connectivity index (χ2v) is 5.72. The molecule has 0 fully saturated rings. The molecule has 0 saturated carbocycles. The predicted molar refractivity (Wildman–Crippen MR) is 82.4 cm³/mol. The minimum Gasteiger partial charge on any atom is -0.496 e. The minimum atomic E-state index is -0.268. The van der Waals surface area contributed by atoms with Crippen molar-refractivity contribution in [2.45, 2.75) is 12.5 Å². The standard InChI is InChI=1S/C16H16BrNO2/c1-19-14-5-3-2-4-12(14)15(18)13-9-11(17)8-10-6-7-20-16(10)13/h2-5,8-9,15H,6-7,18H2,1H3. The van der Waals surface area contributed by atoms with Gasteiger partial charge in [0.25, 0.3) is 0 Å². The third kappa shape index (κ3) is 2.30. The van der Waals surface area contributed by atoms with Gasteiger partial charge < -0.3 is 15.2 Å². The van der Waals surface area contributed by atoms with E-state index in [4.69, 9.17) is 15.2 Å². The summed E-state index contributed by atoms with van der Waals surface area (Å²) in [6.45, 7) is 0.720. The maximum absolute atomic E-state index is 6.45. The van der Waals surface area contributed by atoms with Gasteiger partial charge in [-0.05, 0) is 23.8 Å². The van der Waals surface area contributed by atoms with Crippen LogP contribution >= 0.6 is 15.9 Å². The zero-order valence-electron chi connectivity index (χ0n) is 11.2. The van der Waals surface area contributed by atoms with Crippen molar-refractivity contribution in [2.24, 2.45) is 5.73 Å². The van der Waals surface area contributed by atoms with Gasteiger partial charge in [0, 0.05) is 22.0 Å². The van der Waals surface area contributed by atoms with Crippen LogP contribution in [0.2, 0.25) is 0 Å². The lowest BCUT2D eigenvalue weighted by molar-refractivity contribution is 0.352. The Morgan fingerprint density at radius 2 is 2.05 bits per heavy atom. The summed E-state index contributed by atoms with van der Waals surface area (Å²) in [5, 5.41) is 0. The van der Waals surface area contributed by atoms with Crippen molar-refractivity contribution in [2.75, 3.05) is 13.7 Å². The van der Waals surface area contributed by atoms with E-state index in [9.17, 15) is 0 Å². The molecule has 0 amide bonds. The highest BCUT2D eigenvalue weighted by atomic mass is 79.9. The molecule has 0 aliphatic carbocycles. The summed E-state index contributed by atoms with van der Waals surface area (Å²) in [4.78, 5) is 0. The number of halogens is 1. The van der Waals surface area contributed by atoms with Gasteiger partial charge in [0.05, 0.1) is 19.8 Å². The Kier molecular flexibility index (Phi) is 3.68. The summed E-state index contributed by atoms with van der Waals surface area (Å²) in [5.41, 5.74) is 9.62. The van der Waals surface area contributed by atoms with Crippen LogP contribution in [0.4, 0.5) is 0 Å². The molecule has 1 unspecified atom stereocenters. The van der Waals surface area contributed by atoms with Gasteiger partial charge in [0.2, 0.25) is 0 Å². The summed E-state index contributed by atoms with van der Waals surface area (Å²) in [6.07, 6.45) is 0.931. The van der Waals surface area contributed by atoms with Crippen LogP contribution in [0.3, 0.4) is 0 Å². The first-order valence-corrected chi connectivity index (χ1v) is 7.33. The molecule has 1 atom stereocenters. The highest BCUT2D eigenvalue weighted by molar-refractivity contribution is 9.10. The lowest BCUT2D eigenvalue weighted by atomic mass is 9.96. The molecule has 0 radical (unpaired) electrons. The van der Waals surface area contributed by atoms with Crippen LogP contribution in [0.15, 0.2) is 40.9 Å². The molecule has 0 saturated heterocycles. The Morgan fingerprint density at radius 3 is 2.85 bits per heavy atom. The number of hydrogen-bond acceptors (Lipinski definition) is 3. The van der Waals surface area contributed by atoms with Gasteiger partial charge in [0.1, 0.15) is 11.5 Å². The Balaban J connectivity index is 2.09. The highest BCUT2D eigenvalue weighted by Crippen LogP contribution is 2.39.